The minimum Gasteiger partial charge on any atom is -0.394 e. The van der Waals surface area contributed by atoms with Crippen LogP contribution < -0.4 is 11.1 Å². The number of anilines is 2. The highest BCUT2D eigenvalue weighted by atomic mass is 32.1. The molecule has 1 unspecified atom stereocenters. The van der Waals surface area contributed by atoms with E-state index in [2.05, 4.69) is 10.3 Å². The summed E-state index contributed by atoms with van der Waals surface area (Å²) in [4.78, 5) is 4.07. The number of nitrogens with two attached hydrogens (primary N) is 1. The van der Waals surface area contributed by atoms with E-state index < -0.39 is 0 Å². The van der Waals surface area contributed by atoms with Crippen LogP contribution in [0, 0.1) is 0 Å². The molecule has 13 heavy (non-hydrogen) atoms. The summed E-state index contributed by atoms with van der Waals surface area (Å²) >= 11 is 1.39. The number of thiazole rings is 1. The third-order valence-electron chi connectivity index (χ3n) is 2.06. The quantitative estimate of drug-likeness (QED) is 0.686. The summed E-state index contributed by atoms with van der Waals surface area (Å²) in [6.45, 7) is 4.05. The lowest BCUT2D eigenvalue weighted by atomic mass is 10.0. The minimum atomic E-state index is -0.301. The molecule has 1 heterocycles. The molecule has 0 saturated carbocycles. The number of nitrogen functional groups attached to an aromatic ring is 1. The van der Waals surface area contributed by atoms with Gasteiger partial charge in [-0.1, -0.05) is 18.3 Å². The van der Waals surface area contributed by atoms with Crippen molar-refractivity contribution >= 4 is 21.5 Å². The van der Waals surface area contributed by atoms with Gasteiger partial charge in [0.2, 0.25) is 0 Å². The van der Waals surface area contributed by atoms with E-state index in [9.17, 15) is 0 Å². The van der Waals surface area contributed by atoms with E-state index in [-0.39, 0.29) is 12.1 Å². The first-order valence-corrected chi connectivity index (χ1v) is 5.01. The lowest BCUT2D eigenvalue weighted by Gasteiger charge is -2.26. The summed E-state index contributed by atoms with van der Waals surface area (Å²) < 4.78 is 0. The molecule has 0 aliphatic heterocycles. The topological polar surface area (TPSA) is 71.2 Å². The van der Waals surface area contributed by atoms with E-state index in [4.69, 9.17) is 10.8 Å². The van der Waals surface area contributed by atoms with Gasteiger partial charge in [0.1, 0.15) is 5.00 Å². The van der Waals surface area contributed by atoms with E-state index in [1.165, 1.54) is 11.3 Å². The van der Waals surface area contributed by atoms with Crippen LogP contribution in [-0.2, 0) is 0 Å². The van der Waals surface area contributed by atoms with Crippen LogP contribution in [0.2, 0.25) is 0 Å². The first-order chi connectivity index (χ1) is 6.09. The number of nitrogens with one attached hydrogen (secondary N) is 1. The Morgan fingerprint density at radius 3 is 2.85 bits per heavy atom. The molecule has 0 bridgehead atoms. The van der Waals surface area contributed by atoms with Crippen LogP contribution in [0.1, 0.15) is 20.3 Å². The van der Waals surface area contributed by atoms with Gasteiger partial charge in [-0.3, -0.25) is 0 Å². The van der Waals surface area contributed by atoms with Gasteiger partial charge in [0, 0.05) is 0 Å². The molecule has 74 valence electrons. The summed E-state index contributed by atoms with van der Waals surface area (Å²) in [5, 5.41) is 13.7. The van der Waals surface area contributed by atoms with Crippen molar-refractivity contribution in [1.29, 1.82) is 0 Å². The Bertz CT molecular complexity index is 270. The number of hydrogen-bond acceptors (Lipinski definition) is 5. The van der Waals surface area contributed by atoms with Crippen molar-refractivity contribution in [3.05, 3.63) is 6.20 Å². The van der Waals surface area contributed by atoms with E-state index in [0.29, 0.717) is 5.00 Å². The molecular weight excluding hydrogens is 186 g/mol. The van der Waals surface area contributed by atoms with Crippen LogP contribution in [0.25, 0.3) is 0 Å². The van der Waals surface area contributed by atoms with Gasteiger partial charge in [0.15, 0.2) is 5.13 Å². The molecule has 1 atom stereocenters. The van der Waals surface area contributed by atoms with Crippen molar-refractivity contribution in [2.75, 3.05) is 17.7 Å². The molecular formula is C8H15N3OS. The summed E-state index contributed by atoms with van der Waals surface area (Å²) in [5.41, 5.74) is 5.23. The number of aromatic nitrogens is 1. The molecule has 0 saturated heterocycles. The highest BCUT2D eigenvalue weighted by molar-refractivity contribution is 7.19. The van der Waals surface area contributed by atoms with Gasteiger partial charge in [0.25, 0.3) is 0 Å². The van der Waals surface area contributed by atoms with Gasteiger partial charge in [0.05, 0.1) is 18.3 Å². The highest BCUT2D eigenvalue weighted by Gasteiger charge is 2.21. The average Bonchev–Trinajstić information content (AvgIpc) is 2.51. The molecule has 0 aliphatic rings. The fraction of sp³-hybridized carbons (Fsp3) is 0.625. The van der Waals surface area contributed by atoms with Gasteiger partial charge in [-0.2, -0.15) is 0 Å². The first-order valence-electron chi connectivity index (χ1n) is 4.20. The standard InChI is InChI=1S/C8H15N3OS/c1-3-8(2,5-12)11-7-10-4-6(9)13-7/h4,12H,3,5,9H2,1-2H3,(H,10,11). The molecule has 1 aromatic heterocycles. The van der Waals surface area contributed by atoms with Gasteiger partial charge in [-0.05, 0) is 13.3 Å². The smallest absolute Gasteiger partial charge is 0.185 e. The summed E-state index contributed by atoms with van der Waals surface area (Å²) in [7, 11) is 0. The van der Waals surface area contributed by atoms with Crippen molar-refractivity contribution in [2.45, 2.75) is 25.8 Å². The Morgan fingerprint density at radius 1 is 1.77 bits per heavy atom. The lowest BCUT2D eigenvalue weighted by Crippen LogP contribution is -2.37. The first kappa shape index (κ1) is 10.3. The van der Waals surface area contributed by atoms with Crippen LogP contribution in [0.15, 0.2) is 6.20 Å². The number of hydrogen-bond donors (Lipinski definition) is 3. The van der Waals surface area contributed by atoms with Crippen LogP contribution >= 0.6 is 11.3 Å². The van der Waals surface area contributed by atoms with Crippen molar-refractivity contribution in [1.82, 2.24) is 4.98 Å². The summed E-state index contributed by atoms with van der Waals surface area (Å²) in [6, 6.07) is 0. The maximum Gasteiger partial charge on any atom is 0.185 e. The predicted octanol–water partition coefficient (Wildman–Crippen LogP) is 1.30. The van der Waals surface area contributed by atoms with Crippen LogP contribution in [0.3, 0.4) is 0 Å². The fourth-order valence-corrected chi connectivity index (χ4v) is 1.57. The maximum atomic E-state index is 9.14. The maximum absolute atomic E-state index is 9.14. The van der Waals surface area contributed by atoms with Gasteiger partial charge in [-0.15, -0.1) is 0 Å². The average molecular weight is 201 g/mol. The van der Waals surface area contributed by atoms with Gasteiger partial charge in [-0.25, -0.2) is 4.98 Å². The number of nitrogens with zero attached hydrogens (tertiary/aromatic N) is 1. The molecule has 5 heteroatoms. The van der Waals surface area contributed by atoms with Crippen molar-refractivity contribution in [2.24, 2.45) is 0 Å². The lowest BCUT2D eigenvalue weighted by molar-refractivity contribution is 0.219. The number of aliphatic hydroxyl groups is 1. The zero-order valence-electron chi connectivity index (χ0n) is 7.87. The second-order valence-electron chi connectivity index (χ2n) is 3.27. The Labute approximate surface area is 81.8 Å². The molecule has 1 aromatic rings. The zero-order valence-corrected chi connectivity index (χ0v) is 8.69. The summed E-state index contributed by atoms with van der Waals surface area (Å²) in [6.07, 6.45) is 2.45. The number of rotatable bonds is 4. The normalized spacial score (nSPS) is 15.3. The molecule has 0 spiro atoms. The number of aliphatic hydroxyl groups excluding tert-OH is 1. The summed E-state index contributed by atoms with van der Waals surface area (Å²) in [5.74, 6) is 0. The molecule has 0 aromatic carbocycles. The van der Waals surface area contributed by atoms with Crippen molar-refractivity contribution in [3.8, 4) is 0 Å². The van der Waals surface area contributed by atoms with E-state index >= 15 is 0 Å². The van der Waals surface area contributed by atoms with E-state index in [1.807, 2.05) is 13.8 Å². The molecule has 0 aliphatic carbocycles. The van der Waals surface area contributed by atoms with Crippen molar-refractivity contribution < 1.29 is 5.11 Å². The van der Waals surface area contributed by atoms with E-state index in [0.717, 1.165) is 11.6 Å². The second kappa shape index (κ2) is 3.93. The Kier molecular flexibility index (Phi) is 3.11. The van der Waals surface area contributed by atoms with Crippen LogP contribution in [0.4, 0.5) is 10.1 Å². The molecule has 0 radical (unpaired) electrons. The third-order valence-corrected chi connectivity index (χ3v) is 2.80. The van der Waals surface area contributed by atoms with Gasteiger partial charge < -0.3 is 16.2 Å². The van der Waals surface area contributed by atoms with E-state index in [1.54, 1.807) is 6.20 Å². The SMILES string of the molecule is CCC(C)(CO)Nc1ncc(N)s1. The largest absolute Gasteiger partial charge is 0.394 e. The highest BCUT2D eigenvalue weighted by Crippen LogP contribution is 2.24. The molecule has 4 nitrogen and oxygen atoms in total. The fourth-order valence-electron chi connectivity index (χ4n) is 0.842. The third kappa shape index (κ3) is 2.57. The molecule has 1 rings (SSSR count). The van der Waals surface area contributed by atoms with Crippen LogP contribution in [-0.4, -0.2) is 22.2 Å². The molecule has 0 fully saturated rings. The Hall–Kier alpha value is -0.810. The van der Waals surface area contributed by atoms with Crippen molar-refractivity contribution in [3.63, 3.8) is 0 Å². The second-order valence-corrected chi connectivity index (χ2v) is 4.33. The Morgan fingerprint density at radius 2 is 2.46 bits per heavy atom. The minimum absolute atomic E-state index is 0.0863. The molecule has 0 amide bonds. The van der Waals surface area contributed by atoms with Crippen LogP contribution in [0.5, 0.6) is 0 Å². The Balaban J connectivity index is 2.67. The van der Waals surface area contributed by atoms with Gasteiger partial charge >= 0.3 is 0 Å². The monoisotopic (exact) mass is 201 g/mol. The molecule has 4 N–H and O–H groups in total. The predicted molar refractivity (Wildman–Crippen MR) is 55.9 cm³/mol. The zero-order chi connectivity index (χ0) is 9.90.